The van der Waals surface area contributed by atoms with Crippen molar-refractivity contribution in [3.63, 3.8) is 0 Å². The van der Waals surface area contributed by atoms with Crippen molar-refractivity contribution in [2.45, 2.75) is 45.4 Å². The SMILES string of the molecule is Cc1cccc(N2CCCSC2=NC(=O)N=CC(C#N)c2ccc(-c3ncn(-c4ccc(OC(F)(F)F)cc4)n3)cc2)c1C(C)C. The van der Waals surface area contributed by atoms with E-state index in [2.05, 4.69) is 68.7 Å². The van der Waals surface area contributed by atoms with Gasteiger partial charge >= 0.3 is 12.4 Å². The highest BCUT2D eigenvalue weighted by Crippen LogP contribution is 2.34. The van der Waals surface area contributed by atoms with Crippen LogP contribution >= 0.6 is 11.8 Å². The largest absolute Gasteiger partial charge is 0.573 e. The Labute approximate surface area is 268 Å². The normalized spacial score (nSPS) is 15.3. The van der Waals surface area contributed by atoms with Gasteiger partial charge in [-0.3, -0.25) is 0 Å². The van der Waals surface area contributed by atoms with Gasteiger partial charge in [-0.1, -0.05) is 62.0 Å². The van der Waals surface area contributed by atoms with Gasteiger partial charge in [0.05, 0.1) is 11.8 Å². The van der Waals surface area contributed by atoms with Crippen molar-refractivity contribution >= 4 is 34.9 Å². The van der Waals surface area contributed by atoms with Gasteiger partial charge in [0.25, 0.3) is 0 Å². The lowest BCUT2D eigenvalue weighted by molar-refractivity contribution is -0.274. The topological polar surface area (TPSA) is 109 Å². The van der Waals surface area contributed by atoms with Gasteiger partial charge in [0.1, 0.15) is 18.0 Å². The molecule has 0 saturated carbocycles. The summed E-state index contributed by atoms with van der Waals surface area (Å²) in [5.41, 5.74) is 5.21. The highest BCUT2D eigenvalue weighted by Gasteiger charge is 2.31. The number of nitriles is 1. The molecule has 0 spiro atoms. The molecule has 1 aromatic heterocycles. The van der Waals surface area contributed by atoms with Crippen LogP contribution in [0.15, 0.2) is 83.0 Å². The Hall–Kier alpha value is -4.96. The van der Waals surface area contributed by atoms with Crippen LogP contribution in [-0.2, 0) is 0 Å². The molecule has 1 unspecified atom stereocenters. The average Bonchev–Trinajstić information content (AvgIpc) is 3.52. The summed E-state index contributed by atoms with van der Waals surface area (Å²) >= 11 is 1.52. The first-order valence-electron chi connectivity index (χ1n) is 14.5. The molecule has 4 aromatic rings. The van der Waals surface area contributed by atoms with E-state index in [0.29, 0.717) is 33.7 Å². The van der Waals surface area contributed by atoms with E-state index in [-0.39, 0.29) is 5.75 Å². The minimum atomic E-state index is -4.77. The van der Waals surface area contributed by atoms with Gasteiger partial charge in [-0.2, -0.15) is 10.3 Å². The minimum absolute atomic E-state index is 0.301. The number of ether oxygens (including phenoxy) is 1. The Morgan fingerprint density at radius 1 is 1.11 bits per heavy atom. The summed E-state index contributed by atoms with van der Waals surface area (Å²) < 4.78 is 42.6. The van der Waals surface area contributed by atoms with E-state index in [1.165, 1.54) is 64.4 Å². The fourth-order valence-electron chi connectivity index (χ4n) is 5.13. The third kappa shape index (κ3) is 7.81. The van der Waals surface area contributed by atoms with E-state index in [1.54, 1.807) is 24.3 Å². The molecule has 3 aromatic carbocycles. The molecule has 0 aliphatic carbocycles. The lowest BCUT2D eigenvalue weighted by Gasteiger charge is -2.32. The predicted molar refractivity (Wildman–Crippen MR) is 173 cm³/mol. The Bertz CT molecular complexity index is 1790. The number of aryl methyl sites for hydroxylation is 1. The number of anilines is 1. The first-order valence-corrected chi connectivity index (χ1v) is 15.5. The summed E-state index contributed by atoms with van der Waals surface area (Å²) in [6, 6.07) is 19.8. The van der Waals surface area contributed by atoms with Crippen LogP contribution in [-0.4, -0.2) is 50.8 Å². The van der Waals surface area contributed by atoms with E-state index < -0.39 is 18.3 Å². The van der Waals surface area contributed by atoms with Crippen LogP contribution in [0.1, 0.15) is 48.8 Å². The van der Waals surface area contributed by atoms with Crippen LogP contribution in [0.2, 0.25) is 0 Å². The standard InChI is InChI=1S/C33H30F3N7O2S/c1-21(2)29-22(3)6-4-7-28(29)42-16-5-17-46-32(42)40-31(44)38-19-25(18-37)23-8-10-24(11-9-23)30-39-20-43(41-30)26-12-14-27(15-13-26)45-33(34,35)36/h4,6-15,19-21,25H,5,16-17H2,1-3H3. The minimum Gasteiger partial charge on any atom is -0.406 e. The smallest absolute Gasteiger partial charge is 0.406 e. The number of carbonyl (C=O) groups excluding carboxylic acids is 1. The number of benzene rings is 3. The second-order valence-electron chi connectivity index (χ2n) is 10.8. The predicted octanol–water partition coefficient (Wildman–Crippen LogP) is 8.06. The van der Waals surface area contributed by atoms with Gasteiger partial charge in [-0.25, -0.2) is 19.5 Å². The van der Waals surface area contributed by atoms with Crippen LogP contribution in [0.25, 0.3) is 17.1 Å². The number of halogens is 3. The molecule has 1 saturated heterocycles. The molecule has 9 nitrogen and oxygen atoms in total. The van der Waals surface area contributed by atoms with Crippen molar-refractivity contribution in [2.75, 3.05) is 17.2 Å². The zero-order chi connectivity index (χ0) is 32.8. The van der Waals surface area contributed by atoms with Gasteiger partial charge in [-0.15, -0.1) is 18.3 Å². The van der Waals surface area contributed by atoms with Gasteiger partial charge in [-0.05, 0) is 66.3 Å². The second-order valence-corrected chi connectivity index (χ2v) is 11.8. The molecule has 0 N–H and O–H groups in total. The lowest BCUT2D eigenvalue weighted by Crippen LogP contribution is -2.35. The summed E-state index contributed by atoms with van der Waals surface area (Å²) in [6.07, 6.45) is -1.08. The maximum atomic E-state index is 12.9. The van der Waals surface area contributed by atoms with E-state index in [0.717, 1.165) is 24.4 Å². The lowest BCUT2D eigenvalue weighted by atomic mass is 9.95. The average molecular weight is 646 g/mol. The van der Waals surface area contributed by atoms with E-state index in [4.69, 9.17) is 0 Å². The molecule has 13 heteroatoms. The van der Waals surface area contributed by atoms with Crippen LogP contribution in [0.5, 0.6) is 5.75 Å². The van der Waals surface area contributed by atoms with Crippen molar-refractivity contribution in [3.8, 4) is 28.9 Å². The molecule has 46 heavy (non-hydrogen) atoms. The van der Waals surface area contributed by atoms with E-state index in [1.807, 2.05) is 6.07 Å². The zero-order valence-electron chi connectivity index (χ0n) is 25.3. The summed E-state index contributed by atoms with van der Waals surface area (Å²) in [7, 11) is 0. The Morgan fingerprint density at radius 3 is 2.52 bits per heavy atom. The number of amides is 2. The third-order valence-corrected chi connectivity index (χ3v) is 8.24. The van der Waals surface area contributed by atoms with Gasteiger partial charge in [0, 0.05) is 29.8 Å². The molecule has 0 radical (unpaired) electrons. The fourth-order valence-corrected chi connectivity index (χ4v) is 6.07. The molecule has 1 aliphatic rings. The van der Waals surface area contributed by atoms with Crippen molar-refractivity contribution < 1.29 is 22.7 Å². The third-order valence-electron chi connectivity index (χ3n) is 7.18. The second kappa shape index (κ2) is 14.0. The van der Waals surface area contributed by atoms with Gasteiger partial charge in [0.2, 0.25) is 0 Å². The molecular weight excluding hydrogens is 615 g/mol. The van der Waals surface area contributed by atoms with Crippen molar-refractivity contribution in [3.05, 3.63) is 89.7 Å². The van der Waals surface area contributed by atoms with E-state index in [9.17, 15) is 23.2 Å². The van der Waals surface area contributed by atoms with Crippen molar-refractivity contribution in [1.82, 2.24) is 14.8 Å². The molecular formula is C33H30F3N7O2S. The maximum Gasteiger partial charge on any atom is 0.573 e. The van der Waals surface area contributed by atoms with Crippen LogP contribution in [0, 0.1) is 18.3 Å². The number of nitrogens with zero attached hydrogens (tertiary/aromatic N) is 7. The number of rotatable bonds is 7. The Kier molecular flexibility index (Phi) is 9.87. The van der Waals surface area contributed by atoms with Gasteiger partial charge in [0.15, 0.2) is 11.0 Å². The molecule has 2 amide bonds. The number of aliphatic imine (C=N–C) groups is 2. The number of alkyl halides is 3. The first kappa shape index (κ1) is 32.4. The monoisotopic (exact) mass is 645 g/mol. The summed E-state index contributed by atoms with van der Waals surface area (Å²) in [6.45, 7) is 7.13. The number of amidine groups is 1. The van der Waals surface area contributed by atoms with Crippen LogP contribution in [0.3, 0.4) is 0 Å². The summed E-state index contributed by atoms with van der Waals surface area (Å²) in [4.78, 5) is 27.5. The quantitative estimate of drug-likeness (QED) is 0.187. The molecule has 1 fully saturated rings. The molecule has 1 atom stereocenters. The Balaban J connectivity index is 1.27. The zero-order valence-corrected chi connectivity index (χ0v) is 26.1. The van der Waals surface area contributed by atoms with Crippen molar-refractivity contribution in [2.24, 2.45) is 9.98 Å². The first-order chi connectivity index (χ1) is 22.0. The van der Waals surface area contributed by atoms with Crippen LogP contribution in [0.4, 0.5) is 23.7 Å². The van der Waals surface area contributed by atoms with E-state index >= 15 is 0 Å². The van der Waals surface area contributed by atoms with Crippen molar-refractivity contribution in [1.29, 1.82) is 5.26 Å². The highest BCUT2D eigenvalue weighted by atomic mass is 32.2. The number of hydrogen-bond acceptors (Lipinski definition) is 6. The molecule has 5 rings (SSSR count). The Morgan fingerprint density at radius 2 is 1.85 bits per heavy atom. The van der Waals surface area contributed by atoms with Crippen LogP contribution < -0.4 is 9.64 Å². The number of aromatic nitrogens is 3. The fraction of sp³-hybridized carbons (Fsp3) is 0.273. The van der Waals surface area contributed by atoms with Gasteiger partial charge < -0.3 is 9.64 Å². The maximum absolute atomic E-state index is 12.9. The molecule has 1 aliphatic heterocycles. The number of thioether (sulfide) groups is 1. The number of carbonyl (C=O) groups is 1. The summed E-state index contributed by atoms with van der Waals surface area (Å²) in [5, 5.41) is 14.8. The molecule has 2 heterocycles. The molecule has 0 bridgehead atoms. The highest BCUT2D eigenvalue weighted by molar-refractivity contribution is 8.14. The number of hydrogen-bond donors (Lipinski definition) is 0. The number of urea groups is 1. The summed E-state index contributed by atoms with van der Waals surface area (Å²) in [5.74, 6) is 0.391. The molecule has 236 valence electrons.